The smallest absolute Gasteiger partial charge is 0.223 e. The Morgan fingerprint density at radius 1 is 1.45 bits per heavy atom. The van der Waals surface area contributed by atoms with Crippen LogP contribution < -0.4 is 10.1 Å². The van der Waals surface area contributed by atoms with Gasteiger partial charge in [0.15, 0.2) is 17.3 Å². The lowest BCUT2D eigenvalue weighted by Crippen LogP contribution is -2.17. The maximum Gasteiger partial charge on any atom is 0.223 e. The quantitative estimate of drug-likeness (QED) is 0.784. The van der Waals surface area contributed by atoms with E-state index < -0.39 is 0 Å². The highest BCUT2D eigenvalue weighted by Gasteiger charge is 2.08. The Labute approximate surface area is 125 Å². The topological polar surface area (TPSA) is 80.4 Å². The van der Waals surface area contributed by atoms with E-state index in [0.717, 1.165) is 12.1 Å². The molecule has 0 saturated carbocycles. The Balaban J connectivity index is 1.86. The highest BCUT2D eigenvalue weighted by atomic mass is 79.9. The van der Waals surface area contributed by atoms with E-state index in [9.17, 15) is 5.11 Å². The number of nitrogens with one attached hydrogen (secondary N) is 1. The number of rotatable bonds is 6. The van der Waals surface area contributed by atoms with E-state index in [-0.39, 0.29) is 5.75 Å². The third-order valence-electron chi connectivity index (χ3n) is 2.73. The van der Waals surface area contributed by atoms with E-state index in [4.69, 9.17) is 9.26 Å². The predicted octanol–water partition coefficient (Wildman–Crippen LogP) is 2.19. The Morgan fingerprint density at radius 2 is 2.25 bits per heavy atom. The number of nitrogens with zero attached hydrogens (tertiary/aromatic N) is 2. The molecule has 0 fully saturated rings. The minimum absolute atomic E-state index is 0.110. The number of ether oxygens (including phenoxy) is 1. The van der Waals surface area contributed by atoms with E-state index in [1.165, 1.54) is 7.11 Å². The van der Waals surface area contributed by atoms with Gasteiger partial charge < -0.3 is 19.7 Å². The molecule has 20 heavy (non-hydrogen) atoms. The lowest BCUT2D eigenvalue weighted by atomic mass is 10.2. The van der Waals surface area contributed by atoms with Crippen LogP contribution in [-0.2, 0) is 13.0 Å². The molecule has 0 bridgehead atoms. The summed E-state index contributed by atoms with van der Waals surface area (Å²) in [5, 5.41) is 16.8. The lowest BCUT2D eigenvalue weighted by Gasteiger charge is -2.09. The Morgan fingerprint density at radius 3 is 2.90 bits per heavy atom. The van der Waals surface area contributed by atoms with E-state index >= 15 is 0 Å². The number of aryl methyl sites for hydroxylation is 1. The van der Waals surface area contributed by atoms with Crippen LogP contribution in [0.15, 0.2) is 21.1 Å². The van der Waals surface area contributed by atoms with Crippen molar-refractivity contribution in [1.82, 2.24) is 15.5 Å². The van der Waals surface area contributed by atoms with Gasteiger partial charge in [0.1, 0.15) is 0 Å². The second-order valence-electron chi connectivity index (χ2n) is 4.28. The summed E-state index contributed by atoms with van der Waals surface area (Å²) < 4.78 is 10.6. The highest BCUT2D eigenvalue weighted by molar-refractivity contribution is 9.10. The van der Waals surface area contributed by atoms with Gasteiger partial charge in [-0.3, -0.25) is 0 Å². The molecule has 1 aromatic carbocycles. The molecule has 0 atom stereocenters. The summed E-state index contributed by atoms with van der Waals surface area (Å²) in [6.45, 7) is 3.16. The monoisotopic (exact) mass is 341 g/mol. The van der Waals surface area contributed by atoms with Crippen molar-refractivity contribution in [1.29, 1.82) is 0 Å². The van der Waals surface area contributed by atoms with Crippen LogP contribution in [0.5, 0.6) is 11.5 Å². The summed E-state index contributed by atoms with van der Waals surface area (Å²) in [5.41, 5.74) is 1.01. The SMILES string of the molecule is COc1cc(CNCCc2noc(C)n2)cc(Br)c1O. The fraction of sp³-hybridized carbons (Fsp3) is 0.385. The van der Waals surface area contributed by atoms with Gasteiger partial charge in [-0.05, 0) is 33.6 Å². The third-order valence-corrected chi connectivity index (χ3v) is 3.34. The maximum atomic E-state index is 9.73. The molecule has 1 heterocycles. The van der Waals surface area contributed by atoms with Crippen LogP contribution >= 0.6 is 15.9 Å². The lowest BCUT2D eigenvalue weighted by molar-refractivity contribution is 0.371. The van der Waals surface area contributed by atoms with Gasteiger partial charge in [-0.25, -0.2) is 0 Å². The van der Waals surface area contributed by atoms with Gasteiger partial charge in [0, 0.05) is 26.4 Å². The summed E-state index contributed by atoms with van der Waals surface area (Å²) in [6, 6.07) is 3.65. The molecule has 0 saturated heterocycles. The minimum Gasteiger partial charge on any atom is -0.503 e. The molecule has 0 unspecified atom stereocenters. The van der Waals surface area contributed by atoms with Crippen LogP contribution in [0.4, 0.5) is 0 Å². The second kappa shape index (κ2) is 6.71. The first-order valence-corrected chi connectivity index (χ1v) is 6.94. The summed E-state index contributed by atoms with van der Waals surface area (Å²) in [5.74, 6) is 1.83. The van der Waals surface area contributed by atoms with Crippen molar-refractivity contribution in [3.05, 3.63) is 33.9 Å². The van der Waals surface area contributed by atoms with Gasteiger partial charge in [-0.15, -0.1) is 0 Å². The van der Waals surface area contributed by atoms with Crippen molar-refractivity contribution in [3.63, 3.8) is 0 Å². The van der Waals surface area contributed by atoms with Gasteiger partial charge >= 0.3 is 0 Å². The van der Waals surface area contributed by atoms with E-state index in [0.29, 0.717) is 34.9 Å². The molecule has 108 valence electrons. The number of phenols is 1. The molecular formula is C13H16BrN3O3. The predicted molar refractivity (Wildman–Crippen MR) is 76.8 cm³/mol. The van der Waals surface area contributed by atoms with Gasteiger partial charge in [0.2, 0.25) is 5.89 Å². The minimum atomic E-state index is 0.110. The molecule has 2 aromatic rings. The normalized spacial score (nSPS) is 10.8. The number of hydrogen-bond donors (Lipinski definition) is 2. The summed E-state index contributed by atoms with van der Waals surface area (Å²) in [6.07, 6.45) is 0.702. The molecule has 0 amide bonds. The number of methoxy groups -OCH3 is 1. The van der Waals surface area contributed by atoms with Crippen molar-refractivity contribution in [2.45, 2.75) is 19.9 Å². The Hall–Kier alpha value is -1.60. The number of halogens is 1. The molecule has 6 nitrogen and oxygen atoms in total. The molecule has 1 aromatic heterocycles. The Kier molecular flexibility index (Phi) is 4.97. The average molecular weight is 342 g/mol. The van der Waals surface area contributed by atoms with Gasteiger partial charge in [0.25, 0.3) is 0 Å². The van der Waals surface area contributed by atoms with Crippen molar-refractivity contribution in [2.24, 2.45) is 0 Å². The largest absolute Gasteiger partial charge is 0.503 e. The molecule has 0 aliphatic rings. The van der Waals surface area contributed by atoms with E-state index in [2.05, 4.69) is 31.4 Å². The van der Waals surface area contributed by atoms with Gasteiger partial charge in [0.05, 0.1) is 11.6 Å². The molecule has 2 rings (SSSR count). The van der Waals surface area contributed by atoms with Crippen LogP contribution in [0, 0.1) is 6.92 Å². The van der Waals surface area contributed by atoms with E-state index in [1.807, 2.05) is 6.07 Å². The van der Waals surface area contributed by atoms with Crippen LogP contribution in [0.25, 0.3) is 0 Å². The Bertz CT molecular complexity index is 586. The summed E-state index contributed by atoms with van der Waals surface area (Å²) in [7, 11) is 1.53. The van der Waals surface area contributed by atoms with Crippen LogP contribution in [0.2, 0.25) is 0 Å². The zero-order valence-corrected chi connectivity index (χ0v) is 12.9. The number of hydrogen-bond acceptors (Lipinski definition) is 6. The van der Waals surface area contributed by atoms with Crippen molar-refractivity contribution in [3.8, 4) is 11.5 Å². The standard InChI is InChI=1S/C13H16BrN3O3/c1-8-16-12(17-20-8)3-4-15-7-9-5-10(14)13(18)11(6-9)19-2/h5-6,15,18H,3-4,7H2,1-2H3. The van der Waals surface area contributed by atoms with Crippen LogP contribution in [0.3, 0.4) is 0 Å². The molecular weight excluding hydrogens is 326 g/mol. The fourth-order valence-corrected chi connectivity index (χ4v) is 2.25. The molecule has 0 radical (unpaired) electrons. The molecule has 0 spiro atoms. The van der Waals surface area contributed by atoms with Gasteiger partial charge in [-0.2, -0.15) is 4.98 Å². The highest BCUT2D eigenvalue weighted by Crippen LogP contribution is 2.35. The number of benzene rings is 1. The van der Waals surface area contributed by atoms with Crippen molar-refractivity contribution < 1.29 is 14.4 Å². The molecule has 0 aliphatic carbocycles. The fourth-order valence-electron chi connectivity index (χ4n) is 1.76. The number of aromatic hydroxyl groups is 1. The molecule has 0 aliphatic heterocycles. The third kappa shape index (κ3) is 3.71. The molecule has 2 N–H and O–H groups in total. The number of phenolic OH excluding ortho intramolecular Hbond substituents is 1. The first kappa shape index (κ1) is 14.8. The zero-order chi connectivity index (χ0) is 14.5. The maximum absolute atomic E-state index is 9.73. The van der Waals surface area contributed by atoms with Crippen molar-refractivity contribution in [2.75, 3.05) is 13.7 Å². The zero-order valence-electron chi connectivity index (χ0n) is 11.3. The number of aromatic nitrogens is 2. The second-order valence-corrected chi connectivity index (χ2v) is 5.14. The summed E-state index contributed by atoms with van der Waals surface area (Å²) >= 11 is 3.30. The summed E-state index contributed by atoms with van der Waals surface area (Å²) in [4.78, 5) is 4.13. The van der Waals surface area contributed by atoms with Gasteiger partial charge in [-0.1, -0.05) is 5.16 Å². The van der Waals surface area contributed by atoms with Crippen LogP contribution in [0.1, 0.15) is 17.3 Å². The first-order chi connectivity index (χ1) is 9.60. The molecule has 7 heteroatoms. The van der Waals surface area contributed by atoms with E-state index in [1.54, 1.807) is 13.0 Å². The van der Waals surface area contributed by atoms with Crippen LogP contribution in [-0.4, -0.2) is 28.9 Å². The average Bonchev–Trinajstić information content (AvgIpc) is 2.84. The first-order valence-electron chi connectivity index (χ1n) is 6.15. The van der Waals surface area contributed by atoms with Crippen molar-refractivity contribution >= 4 is 15.9 Å².